The number of hydrogen-bond acceptors (Lipinski definition) is 7. The van der Waals surface area contributed by atoms with Crippen LogP contribution in [0.1, 0.15) is 16.8 Å². The van der Waals surface area contributed by atoms with Gasteiger partial charge in [0.2, 0.25) is 0 Å². The highest BCUT2D eigenvalue weighted by Gasteiger charge is 2.28. The predicted octanol–water partition coefficient (Wildman–Crippen LogP) is 1.92. The molecule has 1 aliphatic heterocycles. The smallest absolute Gasteiger partial charge is 0.307 e. The van der Waals surface area contributed by atoms with Gasteiger partial charge in [-0.15, -0.1) is 0 Å². The van der Waals surface area contributed by atoms with E-state index in [0.29, 0.717) is 42.9 Å². The second-order valence-electron chi connectivity index (χ2n) is 7.17. The Labute approximate surface area is 179 Å². The number of anilines is 1. The lowest BCUT2D eigenvalue weighted by molar-refractivity contribution is -0.136. The minimum atomic E-state index is -4.12. The van der Waals surface area contributed by atoms with Crippen molar-refractivity contribution in [2.75, 3.05) is 31.2 Å². The number of carboxylic acid groups (broad SMARTS) is 1. The van der Waals surface area contributed by atoms with Crippen LogP contribution < -0.4 is 4.90 Å². The molecule has 3 aromatic rings. The first-order valence-corrected chi connectivity index (χ1v) is 11.1. The van der Waals surface area contributed by atoms with E-state index >= 15 is 0 Å². The number of fused-ring (bicyclic) bond motifs is 1. The lowest BCUT2D eigenvalue weighted by atomic mass is 10.1. The maximum Gasteiger partial charge on any atom is 0.307 e. The predicted molar refractivity (Wildman–Crippen MR) is 113 cm³/mol. The zero-order chi connectivity index (χ0) is 22.2. The maximum absolute atomic E-state index is 13.6. The fraction of sp³-hybridized carbons (Fsp3) is 0.286. The number of nitriles is 1. The highest BCUT2D eigenvalue weighted by molar-refractivity contribution is 7.90. The molecule has 1 aliphatic rings. The van der Waals surface area contributed by atoms with Crippen LogP contribution in [0.2, 0.25) is 0 Å². The Morgan fingerprint density at radius 3 is 2.71 bits per heavy atom. The van der Waals surface area contributed by atoms with Crippen molar-refractivity contribution >= 4 is 32.7 Å². The second-order valence-corrected chi connectivity index (χ2v) is 8.96. The summed E-state index contributed by atoms with van der Waals surface area (Å²) in [5, 5.41) is 19.4. The minimum absolute atomic E-state index is 0.0615. The molecule has 0 unspecified atom stereocenters. The van der Waals surface area contributed by atoms with Crippen molar-refractivity contribution in [3.05, 3.63) is 53.3 Å². The van der Waals surface area contributed by atoms with Crippen molar-refractivity contribution in [1.82, 2.24) is 8.96 Å². The number of aromatic nitrogens is 2. The van der Waals surface area contributed by atoms with Gasteiger partial charge in [-0.25, -0.2) is 17.4 Å². The zero-order valence-electron chi connectivity index (χ0n) is 16.8. The molecule has 9 nitrogen and oxygen atoms in total. The summed E-state index contributed by atoms with van der Waals surface area (Å²) in [6, 6.07) is 9.82. The number of benzene rings is 1. The lowest BCUT2D eigenvalue weighted by Crippen LogP contribution is -2.36. The number of morpholine rings is 1. The molecular weight excluding hydrogens is 420 g/mol. The van der Waals surface area contributed by atoms with Gasteiger partial charge in [0.25, 0.3) is 10.0 Å². The first kappa shape index (κ1) is 20.8. The molecule has 0 bridgehead atoms. The Morgan fingerprint density at radius 1 is 1.29 bits per heavy atom. The number of carboxylic acids is 1. The molecule has 10 heteroatoms. The lowest BCUT2D eigenvalue weighted by Gasteiger charge is -2.29. The number of carbonyl (C=O) groups is 1. The van der Waals surface area contributed by atoms with Gasteiger partial charge in [0.15, 0.2) is 5.65 Å². The quantitative estimate of drug-likeness (QED) is 0.638. The minimum Gasteiger partial charge on any atom is -0.481 e. The Kier molecular flexibility index (Phi) is 5.39. The van der Waals surface area contributed by atoms with Crippen molar-refractivity contribution in [1.29, 1.82) is 5.26 Å². The number of pyridine rings is 1. The van der Waals surface area contributed by atoms with E-state index in [9.17, 15) is 23.6 Å². The van der Waals surface area contributed by atoms with E-state index in [4.69, 9.17) is 4.74 Å². The molecule has 0 saturated carbocycles. The molecular formula is C21H20N4O5S. The van der Waals surface area contributed by atoms with Crippen LogP contribution in [0, 0.1) is 18.3 Å². The molecule has 2 aromatic heterocycles. The van der Waals surface area contributed by atoms with E-state index in [1.807, 2.05) is 4.90 Å². The summed E-state index contributed by atoms with van der Waals surface area (Å²) in [4.78, 5) is 17.5. The van der Waals surface area contributed by atoms with E-state index in [1.54, 1.807) is 25.1 Å². The molecule has 1 fully saturated rings. The highest BCUT2D eigenvalue weighted by atomic mass is 32.2. The first-order chi connectivity index (χ1) is 14.8. The summed E-state index contributed by atoms with van der Waals surface area (Å²) in [6.45, 7) is 3.87. The molecule has 31 heavy (non-hydrogen) atoms. The fourth-order valence-corrected chi connectivity index (χ4v) is 5.45. The summed E-state index contributed by atoms with van der Waals surface area (Å²) < 4.78 is 33.5. The van der Waals surface area contributed by atoms with Crippen molar-refractivity contribution in [2.45, 2.75) is 18.2 Å². The van der Waals surface area contributed by atoms with Crippen LogP contribution in [0.25, 0.3) is 11.0 Å². The second kappa shape index (κ2) is 8.02. The van der Waals surface area contributed by atoms with E-state index in [0.717, 1.165) is 3.97 Å². The van der Waals surface area contributed by atoms with Crippen LogP contribution in [0.4, 0.5) is 5.69 Å². The summed E-state index contributed by atoms with van der Waals surface area (Å²) in [5.41, 5.74) is 1.74. The standard InChI is InChI=1S/C21H20N4O5S/c1-14-18(12-20(26)27)17-3-2-6-23-21(17)25(14)31(28,29)16-4-5-19(15(11-16)13-22)24-7-9-30-10-8-24/h2-6,11H,7-10,12H2,1H3,(H,26,27). The van der Waals surface area contributed by atoms with Crippen LogP contribution in [0.15, 0.2) is 41.4 Å². The number of hydrogen-bond donors (Lipinski definition) is 1. The molecule has 0 amide bonds. The molecule has 4 rings (SSSR count). The van der Waals surface area contributed by atoms with Crippen molar-refractivity contribution in [2.24, 2.45) is 0 Å². The Bertz CT molecular complexity index is 1320. The monoisotopic (exact) mass is 440 g/mol. The summed E-state index contributed by atoms with van der Waals surface area (Å²) in [7, 11) is -4.12. The van der Waals surface area contributed by atoms with Crippen molar-refractivity contribution in [3.63, 3.8) is 0 Å². The van der Waals surface area contributed by atoms with Gasteiger partial charge in [-0.2, -0.15) is 5.26 Å². The van der Waals surface area contributed by atoms with Gasteiger partial charge in [-0.05, 0) is 42.8 Å². The van der Waals surface area contributed by atoms with Crippen LogP contribution in [-0.4, -0.2) is 54.8 Å². The summed E-state index contributed by atoms with van der Waals surface area (Å²) in [6.07, 6.45) is 1.14. The van der Waals surface area contributed by atoms with Crippen LogP contribution in [0.5, 0.6) is 0 Å². The van der Waals surface area contributed by atoms with E-state index in [1.165, 1.54) is 18.3 Å². The summed E-state index contributed by atoms with van der Waals surface area (Å²) >= 11 is 0. The van der Waals surface area contributed by atoms with E-state index in [2.05, 4.69) is 11.1 Å². The van der Waals surface area contributed by atoms with Crippen LogP contribution in [-0.2, 0) is 26.0 Å². The molecule has 160 valence electrons. The Hall–Kier alpha value is -3.42. The Balaban J connectivity index is 1.86. The average molecular weight is 440 g/mol. The number of rotatable bonds is 5. The molecule has 0 spiro atoms. The van der Waals surface area contributed by atoms with Gasteiger partial charge in [0.05, 0.1) is 35.8 Å². The molecule has 1 saturated heterocycles. The normalized spacial score (nSPS) is 14.5. The molecule has 0 aliphatic carbocycles. The highest BCUT2D eigenvalue weighted by Crippen LogP contribution is 2.31. The SMILES string of the molecule is Cc1c(CC(=O)O)c2cccnc2n1S(=O)(=O)c1ccc(N2CCOCC2)c(C#N)c1. The summed E-state index contributed by atoms with van der Waals surface area (Å²) in [5.74, 6) is -1.06. The largest absolute Gasteiger partial charge is 0.481 e. The zero-order valence-corrected chi connectivity index (χ0v) is 17.6. The fourth-order valence-electron chi connectivity index (χ4n) is 3.89. The third-order valence-electron chi connectivity index (χ3n) is 5.35. The van der Waals surface area contributed by atoms with E-state index in [-0.39, 0.29) is 28.2 Å². The first-order valence-electron chi connectivity index (χ1n) is 9.63. The Morgan fingerprint density at radius 2 is 2.03 bits per heavy atom. The third kappa shape index (κ3) is 3.62. The van der Waals surface area contributed by atoms with Crippen LogP contribution in [0.3, 0.4) is 0 Å². The molecule has 0 radical (unpaired) electrons. The third-order valence-corrected chi connectivity index (χ3v) is 7.13. The molecule has 0 atom stereocenters. The molecule has 1 aromatic carbocycles. The average Bonchev–Trinajstić information content (AvgIpc) is 3.05. The van der Waals surface area contributed by atoms with Crippen molar-refractivity contribution < 1.29 is 23.1 Å². The number of aliphatic carboxylic acids is 1. The molecule has 3 heterocycles. The van der Waals surface area contributed by atoms with Gasteiger partial charge in [-0.3, -0.25) is 4.79 Å². The molecule has 1 N–H and O–H groups in total. The van der Waals surface area contributed by atoms with Gasteiger partial charge in [-0.1, -0.05) is 0 Å². The van der Waals surface area contributed by atoms with Crippen molar-refractivity contribution in [3.8, 4) is 6.07 Å². The number of ether oxygens (including phenoxy) is 1. The maximum atomic E-state index is 13.6. The van der Waals surface area contributed by atoms with Gasteiger partial charge in [0.1, 0.15) is 6.07 Å². The van der Waals surface area contributed by atoms with Gasteiger partial charge >= 0.3 is 5.97 Å². The van der Waals surface area contributed by atoms with Crippen LogP contribution >= 0.6 is 0 Å². The number of nitrogens with zero attached hydrogens (tertiary/aromatic N) is 4. The van der Waals surface area contributed by atoms with Gasteiger partial charge < -0.3 is 14.7 Å². The topological polar surface area (TPSA) is 126 Å². The van der Waals surface area contributed by atoms with Gasteiger partial charge in [0, 0.05) is 30.4 Å². The van der Waals surface area contributed by atoms with E-state index < -0.39 is 16.0 Å².